The Morgan fingerprint density at radius 2 is 1.16 bits per heavy atom. The largest absolute Gasteiger partial charge is 0.444 e. The average molecular weight is 549 g/mol. The van der Waals surface area contributed by atoms with E-state index in [1.54, 1.807) is 25.7 Å². The van der Waals surface area contributed by atoms with E-state index in [4.69, 9.17) is 19.0 Å². The Hall–Kier alpha value is -1.40. The summed E-state index contributed by atoms with van der Waals surface area (Å²) in [5, 5.41) is 28.8. The van der Waals surface area contributed by atoms with Gasteiger partial charge in [-0.1, -0.05) is 20.8 Å². The summed E-state index contributed by atoms with van der Waals surface area (Å²) in [6.07, 6.45) is -0.972. The van der Waals surface area contributed by atoms with E-state index in [0.29, 0.717) is 32.5 Å². The third-order valence-electron chi connectivity index (χ3n) is 6.88. The molecule has 2 rings (SSSR count). The van der Waals surface area contributed by atoms with Gasteiger partial charge in [-0.2, -0.15) is 0 Å². The SMILES string of the molecule is CC(C)(C)OC(=O)N1CC[C@H](O)[C@H]1CO.CC(C)(C)OC(=O)N1CC[C@H](O)[C@H]1CO[Si](C)(C)C(C)(C)C. The lowest BCUT2D eigenvalue weighted by molar-refractivity contribution is 0.00642. The highest BCUT2D eigenvalue weighted by Crippen LogP contribution is 2.37. The molecule has 11 heteroatoms. The fraction of sp³-hybridized carbons (Fsp3) is 0.923. The van der Waals surface area contributed by atoms with E-state index in [0.717, 1.165) is 0 Å². The van der Waals surface area contributed by atoms with Crippen molar-refractivity contribution in [3.8, 4) is 0 Å². The number of likely N-dealkylation sites (tertiary alicyclic amines) is 2. The number of carbonyl (C=O) groups is 2. The number of carbonyl (C=O) groups excluding carboxylic acids is 2. The molecular formula is C26H52N2O8Si. The van der Waals surface area contributed by atoms with Gasteiger partial charge in [0.05, 0.1) is 37.5 Å². The number of nitrogens with zero attached hydrogens (tertiary/aromatic N) is 2. The molecule has 0 aromatic rings. The first-order valence-electron chi connectivity index (χ1n) is 13.2. The normalized spacial score (nSPS) is 25.0. The van der Waals surface area contributed by atoms with Gasteiger partial charge in [0, 0.05) is 13.1 Å². The molecule has 2 saturated heterocycles. The maximum Gasteiger partial charge on any atom is 0.410 e. The summed E-state index contributed by atoms with van der Waals surface area (Å²) >= 11 is 0. The Kier molecular flexibility index (Phi) is 11.5. The van der Waals surface area contributed by atoms with Crippen molar-refractivity contribution in [2.75, 3.05) is 26.3 Å². The molecule has 0 aliphatic carbocycles. The quantitative estimate of drug-likeness (QED) is 0.453. The molecule has 0 bridgehead atoms. The van der Waals surface area contributed by atoms with Crippen LogP contribution < -0.4 is 0 Å². The van der Waals surface area contributed by atoms with Gasteiger partial charge in [0.15, 0.2) is 8.32 Å². The van der Waals surface area contributed by atoms with Crippen molar-refractivity contribution < 1.29 is 38.8 Å². The van der Waals surface area contributed by atoms with E-state index in [9.17, 15) is 19.8 Å². The van der Waals surface area contributed by atoms with Crippen molar-refractivity contribution in [1.82, 2.24) is 9.80 Å². The predicted octanol–water partition coefficient (Wildman–Crippen LogP) is 3.73. The minimum Gasteiger partial charge on any atom is -0.444 e. The number of amides is 2. The second-order valence-electron chi connectivity index (χ2n) is 13.4. The molecule has 0 unspecified atom stereocenters. The van der Waals surface area contributed by atoms with Crippen LogP contribution in [0.1, 0.15) is 75.2 Å². The fourth-order valence-electron chi connectivity index (χ4n) is 3.70. The van der Waals surface area contributed by atoms with Crippen LogP contribution in [0.4, 0.5) is 9.59 Å². The molecule has 37 heavy (non-hydrogen) atoms. The number of hydrogen-bond donors (Lipinski definition) is 3. The molecule has 0 radical (unpaired) electrons. The highest BCUT2D eigenvalue weighted by atomic mass is 28.4. The molecule has 0 saturated carbocycles. The van der Waals surface area contributed by atoms with E-state index >= 15 is 0 Å². The lowest BCUT2D eigenvalue weighted by Crippen LogP contribution is -2.49. The maximum atomic E-state index is 12.3. The number of hydrogen-bond acceptors (Lipinski definition) is 8. The molecule has 0 aromatic heterocycles. The molecule has 2 heterocycles. The average Bonchev–Trinajstić information content (AvgIpc) is 3.25. The summed E-state index contributed by atoms with van der Waals surface area (Å²) in [5.74, 6) is 0. The highest BCUT2D eigenvalue weighted by molar-refractivity contribution is 6.74. The zero-order valence-electron chi connectivity index (χ0n) is 24.8. The summed E-state index contributed by atoms with van der Waals surface area (Å²) in [6.45, 7) is 22.8. The second kappa shape index (κ2) is 12.6. The molecule has 2 aliphatic heterocycles. The Morgan fingerprint density at radius 3 is 1.51 bits per heavy atom. The van der Waals surface area contributed by atoms with Crippen LogP contribution in [-0.4, -0.2) is 107 Å². The van der Waals surface area contributed by atoms with Crippen LogP contribution in [-0.2, 0) is 13.9 Å². The van der Waals surface area contributed by atoms with Crippen LogP contribution in [0.5, 0.6) is 0 Å². The van der Waals surface area contributed by atoms with Gasteiger partial charge >= 0.3 is 12.2 Å². The van der Waals surface area contributed by atoms with E-state index in [2.05, 4.69) is 33.9 Å². The van der Waals surface area contributed by atoms with Gasteiger partial charge in [-0.25, -0.2) is 9.59 Å². The van der Waals surface area contributed by atoms with Gasteiger partial charge in [0.1, 0.15) is 11.2 Å². The first kappa shape index (κ1) is 33.6. The standard InChI is InChI=1S/C16H33NO4Si.C10H19NO4/c1-15(2,3)21-14(19)17-10-9-13(18)12(17)11-20-22(7,8)16(4,5)6;1-10(2,3)15-9(14)11-5-4-8(13)7(11)6-12/h12-13,18H,9-11H2,1-8H3;7-8,12-13H,4-6H2,1-3H3/t12-,13+;7-,8+/m11/s1. The summed E-state index contributed by atoms with van der Waals surface area (Å²) in [4.78, 5) is 26.9. The van der Waals surface area contributed by atoms with Gasteiger partial charge in [-0.05, 0) is 72.5 Å². The first-order chi connectivity index (χ1) is 16.6. The minimum atomic E-state index is -1.90. The maximum absolute atomic E-state index is 12.3. The summed E-state index contributed by atoms with van der Waals surface area (Å²) in [7, 11) is -1.90. The molecule has 2 aliphatic rings. The van der Waals surface area contributed by atoms with Crippen LogP contribution in [0.3, 0.4) is 0 Å². The van der Waals surface area contributed by atoms with Crippen LogP contribution >= 0.6 is 0 Å². The van der Waals surface area contributed by atoms with Crippen molar-refractivity contribution >= 4 is 20.5 Å². The third kappa shape index (κ3) is 10.4. The van der Waals surface area contributed by atoms with E-state index in [-0.39, 0.29) is 23.8 Å². The Labute approximate surface area is 224 Å². The Morgan fingerprint density at radius 1 is 0.784 bits per heavy atom. The summed E-state index contributed by atoms with van der Waals surface area (Å²) in [6, 6.07) is -0.844. The topological polar surface area (TPSA) is 129 Å². The molecule has 218 valence electrons. The fourth-order valence-corrected chi connectivity index (χ4v) is 4.72. The van der Waals surface area contributed by atoms with E-state index in [1.165, 1.54) is 4.90 Å². The van der Waals surface area contributed by atoms with E-state index in [1.807, 2.05) is 20.8 Å². The molecule has 3 N–H and O–H groups in total. The smallest absolute Gasteiger partial charge is 0.410 e. The predicted molar refractivity (Wildman–Crippen MR) is 145 cm³/mol. The number of rotatable bonds is 4. The van der Waals surface area contributed by atoms with Crippen molar-refractivity contribution in [3.05, 3.63) is 0 Å². The zero-order chi connectivity index (χ0) is 29.0. The van der Waals surface area contributed by atoms with Gasteiger partial charge in [-0.15, -0.1) is 0 Å². The molecule has 4 atom stereocenters. The second-order valence-corrected chi connectivity index (χ2v) is 18.3. The summed E-state index contributed by atoms with van der Waals surface area (Å²) in [5.41, 5.74) is -1.08. The Balaban J connectivity index is 0.000000397. The lowest BCUT2D eigenvalue weighted by atomic mass is 10.2. The molecule has 10 nitrogen and oxygen atoms in total. The number of aliphatic hydroxyl groups excluding tert-OH is 3. The van der Waals surface area contributed by atoms with E-state index < -0.39 is 43.9 Å². The van der Waals surface area contributed by atoms with Gasteiger partial charge < -0.3 is 39.0 Å². The first-order valence-corrected chi connectivity index (χ1v) is 16.1. The molecule has 0 aromatic carbocycles. The number of ether oxygens (including phenoxy) is 2. The van der Waals surface area contributed by atoms with Crippen molar-refractivity contribution in [1.29, 1.82) is 0 Å². The van der Waals surface area contributed by atoms with Crippen LogP contribution in [0, 0.1) is 0 Å². The summed E-state index contributed by atoms with van der Waals surface area (Å²) < 4.78 is 16.8. The number of aliphatic hydroxyl groups is 3. The van der Waals surface area contributed by atoms with Gasteiger partial charge in [0.25, 0.3) is 0 Å². The van der Waals surface area contributed by atoms with Crippen LogP contribution in [0.15, 0.2) is 0 Å². The zero-order valence-corrected chi connectivity index (χ0v) is 25.8. The molecular weight excluding hydrogens is 496 g/mol. The molecule has 0 spiro atoms. The minimum absolute atomic E-state index is 0.104. The Bertz CT molecular complexity index is 757. The van der Waals surface area contributed by atoms with Crippen molar-refractivity contribution in [2.24, 2.45) is 0 Å². The third-order valence-corrected chi connectivity index (χ3v) is 11.4. The lowest BCUT2D eigenvalue weighted by Gasteiger charge is -2.38. The molecule has 2 amide bonds. The van der Waals surface area contributed by atoms with Crippen LogP contribution in [0.2, 0.25) is 18.1 Å². The highest BCUT2D eigenvalue weighted by Gasteiger charge is 2.42. The van der Waals surface area contributed by atoms with Gasteiger partial charge in [-0.3, -0.25) is 0 Å². The monoisotopic (exact) mass is 548 g/mol. The van der Waals surface area contributed by atoms with Crippen molar-refractivity contribution in [3.63, 3.8) is 0 Å². The van der Waals surface area contributed by atoms with Gasteiger partial charge in [0.2, 0.25) is 0 Å². The van der Waals surface area contributed by atoms with Crippen LogP contribution in [0.25, 0.3) is 0 Å². The molecule has 2 fully saturated rings. The van der Waals surface area contributed by atoms with Crippen molar-refractivity contribution in [2.45, 2.75) is 129 Å².